The quantitative estimate of drug-likeness (QED) is 0.568. The van der Waals surface area contributed by atoms with E-state index in [1.165, 1.54) is 12.1 Å². The van der Waals surface area contributed by atoms with Crippen LogP contribution in [0.5, 0.6) is 17.2 Å². The third-order valence-electron chi connectivity index (χ3n) is 5.52. The van der Waals surface area contributed by atoms with Gasteiger partial charge < -0.3 is 14.2 Å². The van der Waals surface area contributed by atoms with Crippen LogP contribution in [0.4, 0.5) is 5.69 Å². The van der Waals surface area contributed by atoms with Gasteiger partial charge in [0.2, 0.25) is 15.8 Å². The number of sulfonamides is 1. The molecule has 1 aliphatic rings. The molecule has 1 heterocycles. The van der Waals surface area contributed by atoms with E-state index >= 15 is 0 Å². The van der Waals surface area contributed by atoms with E-state index in [0.717, 1.165) is 22.5 Å². The number of hydrazone groups is 1. The van der Waals surface area contributed by atoms with Crippen molar-refractivity contribution in [1.82, 2.24) is 0 Å². The molecular formula is C24H25N3O5S. The molecule has 33 heavy (non-hydrogen) atoms. The van der Waals surface area contributed by atoms with Gasteiger partial charge in [0.15, 0.2) is 11.5 Å². The predicted molar refractivity (Wildman–Crippen MR) is 127 cm³/mol. The van der Waals surface area contributed by atoms with Gasteiger partial charge in [0.25, 0.3) is 0 Å². The first-order valence-corrected chi connectivity index (χ1v) is 11.7. The second-order valence-electron chi connectivity index (χ2n) is 7.47. The second-order valence-corrected chi connectivity index (χ2v) is 9.04. The Hall–Kier alpha value is -3.56. The summed E-state index contributed by atoms with van der Waals surface area (Å²) in [5.74, 6) is 1.60. The van der Waals surface area contributed by atoms with Crippen molar-refractivity contribution in [3.8, 4) is 17.2 Å². The first kappa shape index (κ1) is 22.6. The lowest BCUT2D eigenvalue weighted by Crippen LogP contribution is -2.19. The molecule has 9 heteroatoms. The molecule has 0 bridgehead atoms. The molecule has 0 amide bonds. The molecule has 3 aromatic carbocycles. The van der Waals surface area contributed by atoms with Crippen molar-refractivity contribution in [3.05, 3.63) is 77.9 Å². The summed E-state index contributed by atoms with van der Waals surface area (Å²) < 4.78 is 39.9. The van der Waals surface area contributed by atoms with Crippen LogP contribution in [0.2, 0.25) is 0 Å². The number of hydrogen-bond donors (Lipinski definition) is 1. The first-order valence-electron chi connectivity index (χ1n) is 10.2. The number of rotatable bonds is 7. The molecule has 0 fully saturated rings. The summed E-state index contributed by atoms with van der Waals surface area (Å²) in [5.41, 5.74) is 3.56. The van der Waals surface area contributed by atoms with E-state index in [2.05, 4.69) is 0 Å². The number of primary sulfonamides is 1. The number of ether oxygens (including phenoxy) is 3. The van der Waals surface area contributed by atoms with Gasteiger partial charge in [0.1, 0.15) is 0 Å². The van der Waals surface area contributed by atoms with Crippen molar-refractivity contribution < 1.29 is 22.6 Å². The van der Waals surface area contributed by atoms with Gasteiger partial charge in [-0.3, -0.25) is 5.01 Å². The summed E-state index contributed by atoms with van der Waals surface area (Å²) in [6.07, 6.45) is 0.625. The van der Waals surface area contributed by atoms with Crippen molar-refractivity contribution in [2.24, 2.45) is 10.2 Å². The van der Waals surface area contributed by atoms with Crippen LogP contribution in [0.1, 0.15) is 23.6 Å². The summed E-state index contributed by atoms with van der Waals surface area (Å²) in [6, 6.07) is 19.9. The van der Waals surface area contributed by atoms with E-state index < -0.39 is 10.0 Å². The van der Waals surface area contributed by atoms with Crippen LogP contribution >= 0.6 is 0 Å². The Kier molecular flexibility index (Phi) is 6.26. The van der Waals surface area contributed by atoms with Crippen LogP contribution in [0, 0.1) is 0 Å². The SMILES string of the molecule is COc1cc(C2CC(c3ccccc3)=NN2c2ccc(S(N)(=O)=O)cc2)cc(OC)c1OC. The minimum absolute atomic E-state index is 0.0436. The Balaban J connectivity index is 1.81. The lowest BCUT2D eigenvalue weighted by molar-refractivity contribution is 0.323. The average Bonchev–Trinajstić information content (AvgIpc) is 3.28. The van der Waals surface area contributed by atoms with E-state index in [9.17, 15) is 8.42 Å². The molecule has 0 aromatic heterocycles. The Morgan fingerprint density at radius 3 is 2.03 bits per heavy atom. The summed E-state index contributed by atoms with van der Waals surface area (Å²) in [4.78, 5) is 0.0436. The molecule has 8 nitrogen and oxygen atoms in total. The molecule has 2 N–H and O–H groups in total. The number of hydrogen-bond acceptors (Lipinski definition) is 7. The molecule has 0 aliphatic carbocycles. The topological polar surface area (TPSA) is 103 Å². The lowest BCUT2D eigenvalue weighted by atomic mass is 9.97. The minimum atomic E-state index is -3.79. The molecule has 4 rings (SSSR count). The van der Waals surface area contributed by atoms with E-state index in [0.29, 0.717) is 23.7 Å². The minimum Gasteiger partial charge on any atom is -0.493 e. The molecule has 0 saturated heterocycles. The van der Waals surface area contributed by atoms with E-state index in [1.54, 1.807) is 33.5 Å². The molecule has 0 spiro atoms. The third-order valence-corrected chi connectivity index (χ3v) is 6.45. The lowest BCUT2D eigenvalue weighted by Gasteiger charge is -2.25. The highest BCUT2D eigenvalue weighted by Gasteiger charge is 2.32. The Bertz CT molecular complexity index is 1250. The number of methoxy groups -OCH3 is 3. The molecule has 0 saturated carbocycles. The van der Waals surface area contributed by atoms with E-state index in [1.807, 2.05) is 47.5 Å². The van der Waals surface area contributed by atoms with E-state index in [4.69, 9.17) is 24.5 Å². The first-order chi connectivity index (χ1) is 15.9. The van der Waals surface area contributed by atoms with E-state index in [-0.39, 0.29) is 10.9 Å². The number of anilines is 1. The van der Waals surface area contributed by atoms with Gasteiger partial charge in [-0.25, -0.2) is 13.6 Å². The molecule has 0 radical (unpaired) electrons. The van der Waals surface area contributed by atoms with Crippen molar-refractivity contribution in [2.45, 2.75) is 17.4 Å². The summed E-state index contributed by atoms with van der Waals surface area (Å²) in [6.45, 7) is 0. The zero-order chi connectivity index (χ0) is 23.6. The predicted octanol–water partition coefficient (Wildman–Crippen LogP) is 3.72. The normalized spacial score (nSPS) is 15.8. The van der Waals surface area contributed by atoms with Crippen LogP contribution in [0.25, 0.3) is 0 Å². The van der Waals surface area contributed by atoms with Crippen LogP contribution in [-0.4, -0.2) is 35.5 Å². The zero-order valence-electron chi connectivity index (χ0n) is 18.6. The van der Waals surface area contributed by atoms with Crippen molar-refractivity contribution in [1.29, 1.82) is 0 Å². The number of nitrogens with zero attached hydrogens (tertiary/aromatic N) is 2. The van der Waals surface area contributed by atoms with Gasteiger partial charge in [0, 0.05) is 6.42 Å². The molecule has 3 aromatic rings. The highest BCUT2D eigenvalue weighted by atomic mass is 32.2. The average molecular weight is 468 g/mol. The number of benzene rings is 3. The molecular weight excluding hydrogens is 442 g/mol. The summed E-state index contributed by atoms with van der Waals surface area (Å²) in [7, 11) is 0.921. The monoisotopic (exact) mass is 467 g/mol. The van der Waals surface area contributed by atoms with Crippen LogP contribution in [0.15, 0.2) is 76.7 Å². The Morgan fingerprint density at radius 1 is 0.909 bits per heavy atom. The smallest absolute Gasteiger partial charge is 0.238 e. The maximum absolute atomic E-state index is 11.7. The molecule has 1 unspecified atom stereocenters. The van der Waals surface area contributed by atoms with Gasteiger partial charge in [0.05, 0.1) is 43.7 Å². The highest BCUT2D eigenvalue weighted by Crippen LogP contribution is 2.44. The largest absolute Gasteiger partial charge is 0.493 e. The fraction of sp³-hybridized carbons (Fsp3) is 0.208. The highest BCUT2D eigenvalue weighted by molar-refractivity contribution is 7.89. The van der Waals surface area contributed by atoms with Crippen molar-refractivity contribution >= 4 is 21.4 Å². The Morgan fingerprint density at radius 2 is 1.52 bits per heavy atom. The van der Waals surface area contributed by atoms with Gasteiger partial charge in [-0.15, -0.1) is 0 Å². The molecule has 172 valence electrons. The zero-order valence-corrected chi connectivity index (χ0v) is 19.4. The fourth-order valence-electron chi connectivity index (χ4n) is 3.90. The van der Waals surface area contributed by atoms with Crippen LogP contribution in [-0.2, 0) is 10.0 Å². The van der Waals surface area contributed by atoms with Gasteiger partial charge in [-0.2, -0.15) is 5.10 Å². The van der Waals surface area contributed by atoms with Gasteiger partial charge in [-0.1, -0.05) is 30.3 Å². The maximum Gasteiger partial charge on any atom is 0.238 e. The number of nitrogens with two attached hydrogens (primary N) is 1. The summed E-state index contributed by atoms with van der Waals surface area (Å²) in [5, 5.41) is 12.0. The third kappa shape index (κ3) is 4.50. The second kappa shape index (κ2) is 9.13. The van der Waals surface area contributed by atoms with Crippen LogP contribution < -0.4 is 24.4 Å². The van der Waals surface area contributed by atoms with Crippen molar-refractivity contribution in [2.75, 3.05) is 26.3 Å². The Labute approximate surface area is 193 Å². The summed E-state index contributed by atoms with van der Waals surface area (Å²) >= 11 is 0. The van der Waals surface area contributed by atoms with Gasteiger partial charge >= 0.3 is 0 Å². The maximum atomic E-state index is 11.7. The standard InChI is InChI=1S/C24H25N3O5S/c1-30-22-13-17(14-23(31-2)24(22)32-3)21-15-20(16-7-5-4-6-8-16)26-27(21)18-9-11-19(12-10-18)33(25,28)29/h4-14,21H,15H2,1-3H3,(H2,25,28,29). The van der Waals surface area contributed by atoms with Crippen LogP contribution in [0.3, 0.4) is 0 Å². The molecule has 1 aliphatic heterocycles. The van der Waals surface area contributed by atoms with Crippen molar-refractivity contribution in [3.63, 3.8) is 0 Å². The molecule has 1 atom stereocenters. The fourth-order valence-corrected chi connectivity index (χ4v) is 4.41. The van der Waals surface area contributed by atoms with Gasteiger partial charge in [-0.05, 0) is 47.5 Å².